The summed E-state index contributed by atoms with van der Waals surface area (Å²) in [6, 6.07) is 4.37. The average molecular weight is 475 g/mol. The molecule has 1 N–H and O–H groups in total. The smallest absolute Gasteiger partial charge is 0.255 e. The number of rotatable bonds is 3. The number of Topliss-reactive ketones (excluding diaryl/α,β-unsaturated/α-hetero) is 2. The third-order valence-electron chi connectivity index (χ3n) is 5.34. The third kappa shape index (κ3) is 4.17. The van der Waals surface area contributed by atoms with Crippen LogP contribution in [0, 0.1) is 17.2 Å². The second-order valence-corrected chi connectivity index (χ2v) is 8.80. The van der Waals surface area contributed by atoms with Gasteiger partial charge in [0, 0.05) is 11.6 Å². The molecule has 4 rings (SSSR count). The summed E-state index contributed by atoms with van der Waals surface area (Å²) in [7, 11) is 0. The molecule has 2 heterocycles. The molecule has 0 atom stereocenters. The maximum atomic E-state index is 12.2. The Morgan fingerprint density at radius 1 is 1.22 bits per heavy atom. The Morgan fingerprint density at radius 3 is 2.47 bits per heavy atom. The fourth-order valence-electron chi connectivity index (χ4n) is 3.79. The van der Waals surface area contributed by atoms with Crippen molar-refractivity contribution in [1.29, 1.82) is 5.26 Å². The topological polar surface area (TPSA) is 132 Å². The minimum absolute atomic E-state index is 0.0343. The number of hydrogen-bond acceptors (Lipinski definition) is 8. The number of carbonyl (C=O) groups excluding carboxylic acids is 3. The summed E-state index contributed by atoms with van der Waals surface area (Å²) in [4.78, 5) is 40.2. The summed E-state index contributed by atoms with van der Waals surface area (Å²) < 4.78 is 5.74. The molecule has 164 valence electrons. The van der Waals surface area contributed by atoms with Gasteiger partial charge in [-0.15, -0.1) is 0 Å². The first-order valence-corrected chi connectivity index (χ1v) is 10.4. The van der Waals surface area contributed by atoms with Crippen molar-refractivity contribution in [2.24, 2.45) is 16.0 Å². The number of carbonyl (C=O) groups is 3. The number of aliphatic hydroxyl groups is 1. The van der Waals surface area contributed by atoms with E-state index in [-0.39, 0.29) is 45.6 Å². The van der Waals surface area contributed by atoms with Crippen LogP contribution in [0.5, 0.6) is 5.75 Å². The lowest BCUT2D eigenvalue weighted by molar-refractivity contribution is -0.124. The van der Waals surface area contributed by atoms with Crippen LogP contribution in [0.25, 0.3) is 0 Å². The molecule has 1 aromatic rings. The number of dihydropyridines is 1. The van der Waals surface area contributed by atoms with Crippen LogP contribution >= 0.6 is 23.2 Å². The fourth-order valence-corrected chi connectivity index (χ4v) is 4.35. The molecule has 1 amide bonds. The number of anilines is 1. The largest absolute Gasteiger partial charge is 0.436 e. The van der Waals surface area contributed by atoms with Crippen LogP contribution in [-0.4, -0.2) is 46.3 Å². The SMILES string of the molecule is CC1(O)CC(C2=CC(Oc3c(Cl)cc(N4N=C(C#N)C(=O)CC4=O)cc3Cl)=NCC2=O)C1. The molecule has 3 aliphatic rings. The first-order valence-electron chi connectivity index (χ1n) is 9.61. The number of ketones is 2. The van der Waals surface area contributed by atoms with Crippen molar-refractivity contribution in [3.8, 4) is 11.8 Å². The maximum absolute atomic E-state index is 12.2. The molecule has 32 heavy (non-hydrogen) atoms. The standard InChI is InChI=1S/C21H16Cl2N4O5/c1-21(31)6-10(7-21)12-4-18(25-9-17(12)29)32-20-13(22)2-11(3-14(20)23)27-19(30)5-16(28)15(8-24)26-27/h2-4,10,31H,5-7,9H2,1H3. The van der Waals surface area contributed by atoms with Gasteiger partial charge in [-0.05, 0) is 37.8 Å². The van der Waals surface area contributed by atoms with Crippen LogP contribution in [0.1, 0.15) is 26.2 Å². The number of benzene rings is 1. The van der Waals surface area contributed by atoms with Crippen molar-refractivity contribution >= 4 is 58.0 Å². The van der Waals surface area contributed by atoms with Gasteiger partial charge in [-0.1, -0.05) is 23.2 Å². The van der Waals surface area contributed by atoms with Gasteiger partial charge < -0.3 is 9.84 Å². The van der Waals surface area contributed by atoms with Crippen molar-refractivity contribution in [3.63, 3.8) is 0 Å². The monoisotopic (exact) mass is 474 g/mol. The Balaban J connectivity index is 1.58. The lowest BCUT2D eigenvalue weighted by Crippen LogP contribution is -2.43. The summed E-state index contributed by atoms with van der Waals surface area (Å²) >= 11 is 12.6. The van der Waals surface area contributed by atoms with Crippen LogP contribution in [0.15, 0.2) is 33.9 Å². The second-order valence-electron chi connectivity index (χ2n) is 7.99. The summed E-state index contributed by atoms with van der Waals surface area (Å²) in [5, 5.41) is 23.7. The van der Waals surface area contributed by atoms with E-state index in [1.165, 1.54) is 18.2 Å². The third-order valence-corrected chi connectivity index (χ3v) is 5.91. The lowest BCUT2D eigenvalue weighted by atomic mass is 9.67. The number of aliphatic imine (C=N–C) groups is 1. The molecule has 0 bridgehead atoms. The zero-order valence-electron chi connectivity index (χ0n) is 16.8. The molecule has 1 saturated carbocycles. The summed E-state index contributed by atoms with van der Waals surface area (Å²) in [5.41, 5.74) is -0.488. The molecule has 0 radical (unpaired) electrons. The fraction of sp³-hybridized carbons (Fsp3) is 0.333. The van der Waals surface area contributed by atoms with E-state index in [1.807, 2.05) is 0 Å². The van der Waals surface area contributed by atoms with Gasteiger partial charge in [0.05, 0.1) is 27.8 Å². The van der Waals surface area contributed by atoms with Gasteiger partial charge in [-0.25, -0.2) is 4.99 Å². The first-order chi connectivity index (χ1) is 15.1. The number of hydrogen-bond donors (Lipinski definition) is 1. The van der Waals surface area contributed by atoms with Gasteiger partial charge >= 0.3 is 0 Å². The van der Waals surface area contributed by atoms with Gasteiger partial charge in [-0.2, -0.15) is 15.4 Å². The highest BCUT2D eigenvalue weighted by molar-refractivity contribution is 6.50. The average Bonchev–Trinajstić information content (AvgIpc) is 2.70. The highest BCUT2D eigenvalue weighted by Gasteiger charge is 2.42. The quantitative estimate of drug-likeness (QED) is 0.669. The molecule has 11 heteroatoms. The van der Waals surface area contributed by atoms with Gasteiger partial charge in [-0.3, -0.25) is 14.4 Å². The van der Waals surface area contributed by atoms with E-state index in [1.54, 1.807) is 13.0 Å². The van der Waals surface area contributed by atoms with Crippen molar-refractivity contribution in [1.82, 2.24) is 0 Å². The van der Waals surface area contributed by atoms with Crippen LogP contribution in [0.4, 0.5) is 5.69 Å². The molecule has 2 aliphatic heterocycles. The molecule has 0 aromatic heterocycles. The van der Waals surface area contributed by atoms with E-state index in [4.69, 9.17) is 33.2 Å². The van der Waals surface area contributed by atoms with Crippen LogP contribution < -0.4 is 9.75 Å². The Morgan fingerprint density at radius 2 is 1.88 bits per heavy atom. The van der Waals surface area contributed by atoms with E-state index in [0.29, 0.717) is 18.4 Å². The lowest BCUT2D eigenvalue weighted by Gasteiger charge is -2.42. The van der Waals surface area contributed by atoms with E-state index in [9.17, 15) is 19.5 Å². The molecular weight excluding hydrogens is 459 g/mol. The van der Waals surface area contributed by atoms with Crippen molar-refractivity contribution in [2.75, 3.05) is 11.6 Å². The van der Waals surface area contributed by atoms with Crippen molar-refractivity contribution < 1.29 is 24.2 Å². The Labute approximate surface area is 192 Å². The molecule has 1 aromatic carbocycles. The number of nitriles is 1. The van der Waals surface area contributed by atoms with Crippen LogP contribution in [0.2, 0.25) is 10.0 Å². The van der Waals surface area contributed by atoms with E-state index in [0.717, 1.165) is 5.01 Å². The van der Waals surface area contributed by atoms with Crippen LogP contribution in [-0.2, 0) is 14.4 Å². The number of amides is 1. The second kappa shape index (κ2) is 8.13. The van der Waals surface area contributed by atoms with Gasteiger partial charge in [0.2, 0.25) is 17.4 Å². The van der Waals surface area contributed by atoms with Crippen LogP contribution in [0.3, 0.4) is 0 Å². The summed E-state index contributed by atoms with van der Waals surface area (Å²) in [6.07, 6.45) is 1.99. The molecule has 1 fully saturated rings. The normalized spacial score (nSPS) is 25.5. The van der Waals surface area contributed by atoms with Gasteiger partial charge in [0.25, 0.3) is 5.91 Å². The molecule has 9 nitrogen and oxygen atoms in total. The van der Waals surface area contributed by atoms with Crippen molar-refractivity contribution in [3.05, 3.63) is 33.8 Å². The minimum atomic E-state index is -0.783. The van der Waals surface area contributed by atoms with E-state index >= 15 is 0 Å². The molecule has 0 spiro atoms. The van der Waals surface area contributed by atoms with Gasteiger partial charge in [0.15, 0.2) is 11.5 Å². The molecular formula is C21H16Cl2N4O5. The number of ether oxygens (including phenoxy) is 1. The molecule has 0 unspecified atom stereocenters. The maximum Gasteiger partial charge on any atom is 0.255 e. The van der Waals surface area contributed by atoms with E-state index in [2.05, 4.69) is 10.1 Å². The zero-order valence-corrected chi connectivity index (χ0v) is 18.3. The molecule has 1 aliphatic carbocycles. The Hall–Kier alpha value is -3.06. The summed E-state index contributed by atoms with van der Waals surface area (Å²) in [5.74, 6) is -1.28. The molecule has 0 saturated heterocycles. The highest BCUT2D eigenvalue weighted by Crippen LogP contribution is 2.43. The highest BCUT2D eigenvalue weighted by atomic mass is 35.5. The minimum Gasteiger partial charge on any atom is -0.436 e. The first kappa shape index (κ1) is 22.1. The van der Waals surface area contributed by atoms with E-state index < -0.39 is 29.4 Å². The predicted octanol–water partition coefficient (Wildman–Crippen LogP) is 2.63. The number of nitrogens with zero attached hydrogens (tertiary/aromatic N) is 4. The Kier molecular flexibility index (Phi) is 5.63. The number of halogens is 2. The van der Waals surface area contributed by atoms with Crippen molar-refractivity contribution in [2.45, 2.75) is 31.8 Å². The Bertz CT molecular complexity index is 1160. The number of hydrazone groups is 1. The zero-order chi connectivity index (χ0) is 23.2. The predicted molar refractivity (Wildman–Crippen MR) is 116 cm³/mol. The van der Waals surface area contributed by atoms with Gasteiger partial charge in [0.1, 0.15) is 12.6 Å². The summed E-state index contributed by atoms with van der Waals surface area (Å²) in [6.45, 7) is 1.63.